The molecular weight excluding hydrogens is 279 g/mol. The Morgan fingerprint density at radius 1 is 1.29 bits per heavy atom. The molecule has 3 nitrogen and oxygen atoms in total. The molecule has 0 spiro atoms. The lowest BCUT2D eigenvalue weighted by Gasteiger charge is -2.16. The standard InChI is InChI=1S/C15H18F3N3/c1-3-21-14(7-8-20-21)10-19-11(2)12-5-4-6-13(9-12)15(16,17)18/h4-9,11,19H,3,10H2,1-2H3. The SMILES string of the molecule is CCn1nccc1CNC(C)c1cccc(C(F)(F)F)c1. The molecule has 1 aromatic carbocycles. The summed E-state index contributed by atoms with van der Waals surface area (Å²) in [6.45, 7) is 5.17. The molecule has 1 atom stereocenters. The van der Waals surface area contributed by atoms with Crippen LogP contribution in [-0.2, 0) is 19.3 Å². The normalized spacial score (nSPS) is 13.4. The lowest BCUT2D eigenvalue weighted by molar-refractivity contribution is -0.137. The van der Waals surface area contributed by atoms with Gasteiger partial charge in [-0.1, -0.05) is 12.1 Å². The average Bonchev–Trinajstić information content (AvgIpc) is 2.91. The summed E-state index contributed by atoms with van der Waals surface area (Å²) in [4.78, 5) is 0. The second-order valence-corrected chi connectivity index (χ2v) is 4.86. The van der Waals surface area contributed by atoms with E-state index < -0.39 is 11.7 Å². The fourth-order valence-electron chi connectivity index (χ4n) is 2.15. The Labute approximate surface area is 121 Å². The quantitative estimate of drug-likeness (QED) is 0.910. The maximum absolute atomic E-state index is 12.7. The van der Waals surface area contributed by atoms with Crippen LogP contribution < -0.4 is 5.32 Å². The number of hydrogen-bond donors (Lipinski definition) is 1. The lowest BCUT2D eigenvalue weighted by atomic mass is 10.0. The fourth-order valence-corrected chi connectivity index (χ4v) is 2.15. The van der Waals surface area contributed by atoms with Crippen LogP contribution in [0.3, 0.4) is 0 Å². The molecule has 21 heavy (non-hydrogen) atoms. The van der Waals surface area contributed by atoms with E-state index in [0.29, 0.717) is 12.1 Å². The molecule has 1 unspecified atom stereocenters. The third-order valence-corrected chi connectivity index (χ3v) is 3.41. The van der Waals surface area contributed by atoms with Gasteiger partial charge in [0.25, 0.3) is 0 Å². The van der Waals surface area contributed by atoms with Crippen LogP contribution in [0.25, 0.3) is 0 Å². The number of rotatable bonds is 5. The van der Waals surface area contributed by atoms with Crippen molar-refractivity contribution in [1.29, 1.82) is 0 Å². The molecule has 0 aliphatic carbocycles. The van der Waals surface area contributed by atoms with Gasteiger partial charge in [0, 0.05) is 25.3 Å². The highest BCUT2D eigenvalue weighted by Crippen LogP contribution is 2.30. The van der Waals surface area contributed by atoms with Crippen molar-refractivity contribution in [3.63, 3.8) is 0 Å². The minimum Gasteiger partial charge on any atom is -0.305 e. The van der Waals surface area contributed by atoms with E-state index in [1.807, 2.05) is 24.6 Å². The monoisotopic (exact) mass is 297 g/mol. The number of benzene rings is 1. The summed E-state index contributed by atoms with van der Waals surface area (Å²) in [5.74, 6) is 0. The predicted octanol–water partition coefficient (Wildman–Crippen LogP) is 3.77. The van der Waals surface area contributed by atoms with E-state index in [1.165, 1.54) is 12.1 Å². The molecular formula is C15H18F3N3. The van der Waals surface area contributed by atoms with Crippen molar-refractivity contribution in [2.24, 2.45) is 0 Å². The Balaban J connectivity index is 2.05. The molecule has 2 rings (SSSR count). The van der Waals surface area contributed by atoms with Gasteiger partial charge in [0.1, 0.15) is 0 Å². The average molecular weight is 297 g/mol. The number of halogens is 3. The summed E-state index contributed by atoms with van der Waals surface area (Å²) in [6, 6.07) is 7.14. The summed E-state index contributed by atoms with van der Waals surface area (Å²) in [5, 5.41) is 7.39. The third-order valence-electron chi connectivity index (χ3n) is 3.41. The molecule has 114 valence electrons. The Kier molecular flexibility index (Phi) is 4.67. The maximum atomic E-state index is 12.7. The molecule has 0 amide bonds. The summed E-state index contributed by atoms with van der Waals surface area (Å²) in [6.07, 6.45) is -2.59. The molecule has 0 bridgehead atoms. The molecule has 0 saturated carbocycles. The van der Waals surface area contributed by atoms with E-state index in [1.54, 1.807) is 12.3 Å². The largest absolute Gasteiger partial charge is 0.416 e. The predicted molar refractivity (Wildman–Crippen MR) is 74.6 cm³/mol. The molecule has 0 aliphatic rings. The molecule has 6 heteroatoms. The summed E-state index contributed by atoms with van der Waals surface area (Å²) < 4.78 is 40.0. The van der Waals surface area contributed by atoms with Crippen molar-refractivity contribution in [2.45, 2.75) is 39.2 Å². The van der Waals surface area contributed by atoms with E-state index >= 15 is 0 Å². The summed E-state index contributed by atoms with van der Waals surface area (Å²) in [5.41, 5.74) is 1.01. The second-order valence-electron chi connectivity index (χ2n) is 4.86. The van der Waals surface area contributed by atoms with Gasteiger partial charge in [0.15, 0.2) is 0 Å². The zero-order valence-corrected chi connectivity index (χ0v) is 12.0. The van der Waals surface area contributed by atoms with Crippen LogP contribution in [0.4, 0.5) is 13.2 Å². The number of nitrogens with zero attached hydrogens (tertiary/aromatic N) is 2. The van der Waals surface area contributed by atoms with Gasteiger partial charge in [-0.05, 0) is 37.6 Å². The first-order valence-corrected chi connectivity index (χ1v) is 6.83. The fraction of sp³-hybridized carbons (Fsp3) is 0.400. The highest BCUT2D eigenvalue weighted by atomic mass is 19.4. The Bertz CT molecular complexity index is 590. The number of aryl methyl sites for hydroxylation is 1. The van der Waals surface area contributed by atoms with E-state index in [2.05, 4.69) is 10.4 Å². The van der Waals surface area contributed by atoms with Crippen LogP contribution in [0, 0.1) is 0 Å². The van der Waals surface area contributed by atoms with Gasteiger partial charge < -0.3 is 5.32 Å². The van der Waals surface area contributed by atoms with Gasteiger partial charge in [-0.3, -0.25) is 4.68 Å². The van der Waals surface area contributed by atoms with Crippen molar-refractivity contribution < 1.29 is 13.2 Å². The zero-order valence-electron chi connectivity index (χ0n) is 12.0. The van der Waals surface area contributed by atoms with Crippen LogP contribution in [-0.4, -0.2) is 9.78 Å². The van der Waals surface area contributed by atoms with Gasteiger partial charge >= 0.3 is 6.18 Å². The van der Waals surface area contributed by atoms with Crippen molar-refractivity contribution >= 4 is 0 Å². The molecule has 1 aromatic heterocycles. The number of hydrogen-bond acceptors (Lipinski definition) is 2. The van der Waals surface area contributed by atoms with Crippen molar-refractivity contribution in [3.8, 4) is 0 Å². The van der Waals surface area contributed by atoms with Crippen molar-refractivity contribution in [3.05, 3.63) is 53.3 Å². The van der Waals surface area contributed by atoms with Gasteiger partial charge in [-0.2, -0.15) is 18.3 Å². The Hall–Kier alpha value is -1.82. The third kappa shape index (κ3) is 3.85. The lowest BCUT2D eigenvalue weighted by Crippen LogP contribution is -2.20. The molecule has 0 fully saturated rings. The zero-order chi connectivity index (χ0) is 15.5. The van der Waals surface area contributed by atoms with E-state index in [9.17, 15) is 13.2 Å². The van der Waals surface area contributed by atoms with Gasteiger partial charge in [-0.25, -0.2) is 0 Å². The minimum atomic E-state index is -4.31. The van der Waals surface area contributed by atoms with Crippen molar-refractivity contribution in [2.75, 3.05) is 0 Å². The van der Waals surface area contributed by atoms with Gasteiger partial charge in [-0.15, -0.1) is 0 Å². The molecule has 1 heterocycles. The first-order chi connectivity index (χ1) is 9.91. The minimum absolute atomic E-state index is 0.174. The van der Waals surface area contributed by atoms with Crippen molar-refractivity contribution in [1.82, 2.24) is 15.1 Å². The molecule has 1 N–H and O–H groups in total. The van der Waals surface area contributed by atoms with E-state index in [0.717, 1.165) is 18.3 Å². The highest BCUT2D eigenvalue weighted by molar-refractivity contribution is 5.27. The number of alkyl halides is 3. The van der Waals surface area contributed by atoms with Crippen LogP contribution in [0.1, 0.15) is 36.7 Å². The number of nitrogens with one attached hydrogen (secondary N) is 1. The topological polar surface area (TPSA) is 29.9 Å². The number of aromatic nitrogens is 2. The summed E-state index contributed by atoms with van der Waals surface area (Å²) >= 11 is 0. The highest BCUT2D eigenvalue weighted by Gasteiger charge is 2.30. The van der Waals surface area contributed by atoms with E-state index in [4.69, 9.17) is 0 Å². The first-order valence-electron chi connectivity index (χ1n) is 6.83. The van der Waals surface area contributed by atoms with Crippen LogP contribution in [0.5, 0.6) is 0 Å². The van der Waals surface area contributed by atoms with Crippen LogP contribution in [0.15, 0.2) is 36.5 Å². The molecule has 0 radical (unpaired) electrons. The van der Waals surface area contributed by atoms with E-state index in [-0.39, 0.29) is 6.04 Å². The molecule has 0 saturated heterocycles. The smallest absolute Gasteiger partial charge is 0.305 e. The first kappa shape index (κ1) is 15.6. The Morgan fingerprint density at radius 2 is 2.05 bits per heavy atom. The van der Waals surface area contributed by atoms with Crippen LogP contribution >= 0.6 is 0 Å². The van der Waals surface area contributed by atoms with Crippen LogP contribution in [0.2, 0.25) is 0 Å². The Morgan fingerprint density at radius 3 is 2.71 bits per heavy atom. The maximum Gasteiger partial charge on any atom is 0.416 e. The molecule has 0 aliphatic heterocycles. The van der Waals surface area contributed by atoms with Gasteiger partial charge in [0.05, 0.1) is 11.3 Å². The summed E-state index contributed by atoms with van der Waals surface area (Å²) in [7, 11) is 0. The van der Waals surface area contributed by atoms with Gasteiger partial charge in [0.2, 0.25) is 0 Å². The second kappa shape index (κ2) is 6.30. The molecule has 2 aromatic rings.